The van der Waals surface area contributed by atoms with Gasteiger partial charge < -0.3 is 10.2 Å². The predicted octanol–water partition coefficient (Wildman–Crippen LogP) is 3.91. The fourth-order valence-corrected chi connectivity index (χ4v) is 3.33. The first-order valence-corrected chi connectivity index (χ1v) is 8.94. The molecule has 4 nitrogen and oxygen atoms in total. The summed E-state index contributed by atoms with van der Waals surface area (Å²) in [6.07, 6.45) is 0. The molecule has 0 radical (unpaired) electrons. The van der Waals surface area contributed by atoms with Crippen molar-refractivity contribution in [3.63, 3.8) is 0 Å². The maximum atomic E-state index is 4.65. The molecule has 0 aromatic carbocycles. The van der Waals surface area contributed by atoms with Crippen molar-refractivity contribution in [2.45, 2.75) is 0 Å². The van der Waals surface area contributed by atoms with Gasteiger partial charge in [0.2, 0.25) is 5.95 Å². The molecule has 114 valence electrons. The minimum Gasteiger partial charge on any atom is -0.353 e. The van der Waals surface area contributed by atoms with Gasteiger partial charge in [0, 0.05) is 35.0 Å². The van der Waals surface area contributed by atoms with Crippen LogP contribution in [0.3, 0.4) is 0 Å². The zero-order valence-electron chi connectivity index (χ0n) is 12.6. The van der Waals surface area contributed by atoms with Gasteiger partial charge in [0.15, 0.2) is 0 Å². The van der Waals surface area contributed by atoms with E-state index in [1.165, 1.54) is 0 Å². The molecule has 0 amide bonds. The third kappa shape index (κ3) is 3.71. The van der Waals surface area contributed by atoms with Crippen LogP contribution in [-0.2, 0) is 0 Å². The van der Waals surface area contributed by atoms with Crippen LogP contribution in [-0.4, -0.2) is 42.1 Å². The second kappa shape index (κ2) is 7.00. The van der Waals surface area contributed by atoms with E-state index < -0.39 is 0 Å². The van der Waals surface area contributed by atoms with E-state index in [0.717, 1.165) is 35.6 Å². The number of rotatable bonds is 6. The summed E-state index contributed by atoms with van der Waals surface area (Å²) in [4.78, 5) is 11.4. The Hall–Kier alpha value is -1.76. The molecule has 3 aromatic rings. The Morgan fingerprint density at radius 3 is 2.05 bits per heavy atom. The first kappa shape index (κ1) is 15.1. The van der Waals surface area contributed by atoms with Crippen LogP contribution in [0.4, 0.5) is 5.95 Å². The molecule has 0 aliphatic heterocycles. The zero-order chi connectivity index (χ0) is 15.4. The lowest BCUT2D eigenvalue weighted by Crippen LogP contribution is -2.21. The fraction of sp³-hybridized carbons (Fsp3) is 0.250. The second-order valence-electron chi connectivity index (χ2n) is 5.22. The average Bonchev–Trinajstić information content (AvgIpc) is 3.20. The molecule has 0 unspecified atom stereocenters. The largest absolute Gasteiger partial charge is 0.353 e. The monoisotopic (exact) mass is 330 g/mol. The lowest BCUT2D eigenvalue weighted by Gasteiger charge is -2.12. The molecule has 1 N–H and O–H groups in total. The van der Waals surface area contributed by atoms with Gasteiger partial charge in [-0.1, -0.05) is 0 Å². The minimum atomic E-state index is 0.687. The number of likely N-dealkylation sites (N-methyl/N-ethyl adjacent to an activating group) is 1. The van der Waals surface area contributed by atoms with Crippen LogP contribution >= 0.6 is 22.7 Å². The lowest BCUT2D eigenvalue weighted by molar-refractivity contribution is 0.425. The van der Waals surface area contributed by atoms with Gasteiger partial charge >= 0.3 is 0 Å². The topological polar surface area (TPSA) is 41.0 Å². The van der Waals surface area contributed by atoms with Crippen molar-refractivity contribution >= 4 is 28.6 Å². The van der Waals surface area contributed by atoms with Crippen molar-refractivity contribution in [3.05, 3.63) is 39.7 Å². The Kier molecular flexibility index (Phi) is 4.82. The van der Waals surface area contributed by atoms with Crippen molar-refractivity contribution < 1.29 is 0 Å². The van der Waals surface area contributed by atoms with Gasteiger partial charge in [0.1, 0.15) is 0 Å². The van der Waals surface area contributed by atoms with Gasteiger partial charge in [0.05, 0.1) is 11.4 Å². The molecule has 6 heteroatoms. The molecular weight excluding hydrogens is 312 g/mol. The summed E-state index contributed by atoms with van der Waals surface area (Å²) < 4.78 is 0. The number of thiophene rings is 2. The smallest absolute Gasteiger partial charge is 0.223 e. The van der Waals surface area contributed by atoms with Crippen LogP contribution in [0.25, 0.3) is 22.5 Å². The molecule has 0 bridgehead atoms. The highest BCUT2D eigenvalue weighted by molar-refractivity contribution is 7.08. The third-order valence-electron chi connectivity index (χ3n) is 3.20. The molecule has 0 atom stereocenters. The molecule has 0 aliphatic rings. The van der Waals surface area contributed by atoms with E-state index in [9.17, 15) is 0 Å². The van der Waals surface area contributed by atoms with Gasteiger partial charge in [-0.05, 0) is 43.1 Å². The highest BCUT2D eigenvalue weighted by Crippen LogP contribution is 2.27. The Bertz CT molecular complexity index is 653. The first-order valence-electron chi connectivity index (χ1n) is 7.05. The Morgan fingerprint density at radius 1 is 1.00 bits per heavy atom. The van der Waals surface area contributed by atoms with Crippen molar-refractivity contribution in [1.82, 2.24) is 14.9 Å². The highest BCUT2D eigenvalue weighted by Gasteiger charge is 2.09. The summed E-state index contributed by atoms with van der Waals surface area (Å²) in [5, 5.41) is 11.7. The van der Waals surface area contributed by atoms with Crippen molar-refractivity contribution in [2.75, 3.05) is 32.5 Å². The van der Waals surface area contributed by atoms with E-state index in [4.69, 9.17) is 0 Å². The molecule has 0 spiro atoms. The molecule has 0 fully saturated rings. The Morgan fingerprint density at radius 2 is 1.59 bits per heavy atom. The van der Waals surface area contributed by atoms with Gasteiger partial charge in [0.25, 0.3) is 0 Å². The van der Waals surface area contributed by atoms with Crippen molar-refractivity contribution in [2.24, 2.45) is 0 Å². The Labute approximate surface area is 138 Å². The molecular formula is C16H18N4S2. The molecule has 3 rings (SSSR count). The predicted molar refractivity (Wildman–Crippen MR) is 95.7 cm³/mol. The standard InChI is InChI=1S/C16H18N4S2/c1-20(2)6-5-17-16-18-14(12-3-7-21-10-12)9-15(19-16)13-4-8-22-11-13/h3-4,7-11H,5-6H2,1-2H3,(H,17,18,19). The van der Waals surface area contributed by atoms with Crippen LogP contribution in [0.2, 0.25) is 0 Å². The van der Waals surface area contributed by atoms with Gasteiger partial charge in [-0.15, -0.1) is 0 Å². The van der Waals surface area contributed by atoms with E-state index in [0.29, 0.717) is 5.95 Å². The number of nitrogens with zero attached hydrogens (tertiary/aromatic N) is 3. The number of hydrogen-bond donors (Lipinski definition) is 1. The van der Waals surface area contributed by atoms with Gasteiger partial charge in [-0.25, -0.2) is 9.97 Å². The van der Waals surface area contributed by atoms with Crippen molar-refractivity contribution in [1.29, 1.82) is 0 Å². The summed E-state index contributed by atoms with van der Waals surface area (Å²) >= 11 is 3.36. The van der Waals surface area contributed by atoms with Crippen LogP contribution in [0.15, 0.2) is 39.7 Å². The van der Waals surface area contributed by atoms with E-state index in [1.54, 1.807) is 22.7 Å². The third-order valence-corrected chi connectivity index (χ3v) is 4.57. The van der Waals surface area contributed by atoms with Crippen LogP contribution in [0, 0.1) is 0 Å². The maximum Gasteiger partial charge on any atom is 0.223 e. The van der Waals surface area contributed by atoms with Crippen LogP contribution in [0.1, 0.15) is 0 Å². The van der Waals surface area contributed by atoms with E-state index >= 15 is 0 Å². The summed E-state index contributed by atoms with van der Waals surface area (Å²) in [6.45, 7) is 1.77. The molecule has 3 aromatic heterocycles. The normalized spacial score (nSPS) is 11.0. The number of nitrogens with one attached hydrogen (secondary N) is 1. The van der Waals surface area contributed by atoms with E-state index in [-0.39, 0.29) is 0 Å². The number of aromatic nitrogens is 2. The quantitative estimate of drug-likeness (QED) is 0.744. The zero-order valence-corrected chi connectivity index (χ0v) is 14.2. The van der Waals surface area contributed by atoms with Gasteiger partial charge in [-0.3, -0.25) is 0 Å². The molecule has 0 saturated heterocycles. The van der Waals surface area contributed by atoms with E-state index in [1.807, 2.05) is 0 Å². The molecule has 3 heterocycles. The molecule has 0 aliphatic carbocycles. The second-order valence-corrected chi connectivity index (χ2v) is 6.78. The van der Waals surface area contributed by atoms with Crippen LogP contribution < -0.4 is 5.32 Å². The highest BCUT2D eigenvalue weighted by atomic mass is 32.1. The molecule has 22 heavy (non-hydrogen) atoms. The summed E-state index contributed by atoms with van der Waals surface area (Å²) in [6, 6.07) is 6.24. The van der Waals surface area contributed by atoms with E-state index in [2.05, 4.69) is 74.0 Å². The number of anilines is 1. The first-order chi connectivity index (χ1) is 10.7. The maximum absolute atomic E-state index is 4.65. The van der Waals surface area contributed by atoms with Crippen LogP contribution in [0.5, 0.6) is 0 Å². The molecule has 0 saturated carbocycles. The summed E-state index contributed by atoms with van der Waals surface area (Å²) in [5.74, 6) is 0.687. The van der Waals surface area contributed by atoms with Gasteiger partial charge in [-0.2, -0.15) is 22.7 Å². The minimum absolute atomic E-state index is 0.687. The summed E-state index contributed by atoms with van der Waals surface area (Å²) in [7, 11) is 4.11. The Balaban J connectivity index is 1.91. The lowest BCUT2D eigenvalue weighted by atomic mass is 10.1. The van der Waals surface area contributed by atoms with Crippen molar-refractivity contribution in [3.8, 4) is 22.5 Å². The SMILES string of the molecule is CN(C)CCNc1nc(-c2ccsc2)cc(-c2ccsc2)n1. The number of hydrogen-bond acceptors (Lipinski definition) is 6. The average molecular weight is 330 g/mol. The summed E-state index contributed by atoms with van der Waals surface area (Å²) in [5.41, 5.74) is 4.20. The fourth-order valence-electron chi connectivity index (χ4n) is 2.03.